The Balaban J connectivity index is 1.38. The highest BCUT2D eigenvalue weighted by Crippen LogP contribution is 2.28. The van der Waals surface area contributed by atoms with Crippen LogP contribution in [0.15, 0.2) is 42.6 Å². The number of anilines is 3. The van der Waals surface area contributed by atoms with Gasteiger partial charge in [0.2, 0.25) is 11.8 Å². The van der Waals surface area contributed by atoms with Crippen molar-refractivity contribution < 1.29 is 14.3 Å². The Morgan fingerprint density at radius 3 is 2.72 bits per heavy atom. The first-order chi connectivity index (χ1) is 14.1. The van der Waals surface area contributed by atoms with E-state index in [1.807, 2.05) is 30.3 Å². The van der Waals surface area contributed by atoms with Gasteiger partial charge >= 0.3 is 0 Å². The van der Waals surface area contributed by atoms with Crippen molar-refractivity contribution in [3.05, 3.63) is 42.6 Å². The van der Waals surface area contributed by atoms with Crippen molar-refractivity contribution in [1.29, 1.82) is 0 Å². The van der Waals surface area contributed by atoms with Gasteiger partial charge in [0, 0.05) is 37.8 Å². The Morgan fingerprint density at radius 1 is 1.17 bits per heavy atom. The Labute approximate surface area is 170 Å². The minimum Gasteiger partial charge on any atom is -0.497 e. The van der Waals surface area contributed by atoms with E-state index < -0.39 is 5.92 Å². The van der Waals surface area contributed by atoms with Gasteiger partial charge in [0.1, 0.15) is 11.6 Å². The van der Waals surface area contributed by atoms with E-state index in [4.69, 9.17) is 4.74 Å². The number of rotatable bonds is 5. The second-order valence-electron chi connectivity index (χ2n) is 7.55. The van der Waals surface area contributed by atoms with Crippen LogP contribution in [0.2, 0.25) is 0 Å². The van der Waals surface area contributed by atoms with E-state index in [0.717, 1.165) is 24.6 Å². The lowest BCUT2D eigenvalue weighted by Gasteiger charge is -2.27. The summed E-state index contributed by atoms with van der Waals surface area (Å²) in [6.45, 7) is 2.42. The second-order valence-corrected chi connectivity index (χ2v) is 7.55. The zero-order valence-electron chi connectivity index (χ0n) is 16.6. The largest absolute Gasteiger partial charge is 0.497 e. The zero-order chi connectivity index (χ0) is 20.2. The molecule has 0 saturated carbocycles. The molecule has 2 amide bonds. The number of ether oxygens (including phenoxy) is 1. The van der Waals surface area contributed by atoms with E-state index in [1.165, 1.54) is 19.3 Å². The highest BCUT2D eigenvalue weighted by atomic mass is 16.5. The van der Waals surface area contributed by atoms with Crippen molar-refractivity contribution >= 4 is 29.0 Å². The van der Waals surface area contributed by atoms with Crippen molar-refractivity contribution in [2.45, 2.75) is 25.7 Å². The molecule has 1 aromatic heterocycles. The van der Waals surface area contributed by atoms with Gasteiger partial charge in [0.25, 0.3) is 0 Å². The molecule has 1 atom stereocenters. The summed E-state index contributed by atoms with van der Waals surface area (Å²) in [6, 6.07) is 11.2. The van der Waals surface area contributed by atoms with Crippen LogP contribution in [0.1, 0.15) is 25.7 Å². The normalized spacial score (nSPS) is 19.3. The predicted octanol–water partition coefficient (Wildman–Crippen LogP) is 3.07. The van der Waals surface area contributed by atoms with Gasteiger partial charge < -0.3 is 19.9 Å². The smallest absolute Gasteiger partial charge is 0.229 e. The van der Waals surface area contributed by atoms with Crippen LogP contribution < -0.4 is 19.9 Å². The fraction of sp³-hybridized carbons (Fsp3) is 0.409. The number of methoxy groups -OCH3 is 1. The van der Waals surface area contributed by atoms with Gasteiger partial charge in [-0.25, -0.2) is 4.98 Å². The number of benzene rings is 1. The summed E-state index contributed by atoms with van der Waals surface area (Å²) < 4.78 is 5.23. The van der Waals surface area contributed by atoms with Crippen LogP contribution in [0.25, 0.3) is 0 Å². The first-order valence-electron chi connectivity index (χ1n) is 10.1. The number of amides is 2. The molecule has 1 aromatic carbocycles. The molecule has 0 aliphatic carbocycles. The van der Waals surface area contributed by atoms with E-state index in [9.17, 15) is 9.59 Å². The third kappa shape index (κ3) is 4.34. The molecule has 7 heteroatoms. The number of nitrogens with zero attached hydrogens (tertiary/aromatic N) is 3. The predicted molar refractivity (Wildman–Crippen MR) is 112 cm³/mol. The average Bonchev–Trinajstić information content (AvgIpc) is 3.17. The minimum atomic E-state index is -0.393. The highest BCUT2D eigenvalue weighted by Gasteiger charge is 2.35. The number of carbonyl (C=O) groups is 2. The molecule has 7 nitrogen and oxygen atoms in total. The second kappa shape index (κ2) is 8.51. The molecule has 0 radical (unpaired) electrons. The first-order valence-corrected chi connectivity index (χ1v) is 10.1. The summed E-state index contributed by atoms with van der Waals surface area (Å²) in [5.41, 5.74) is 1.40. The average molecular weight is 394 g/mol. The summed E-state index contributed by atoms with van der Waals surface area (Å²) in [6.07, 6.45) is 5.55. The Morgan fingerprint density at radius 2 is 2.00 bits per heavy atom. The lowest BCUT2D eigenvalue weighted by molar-refractivity contribution is -0.122. The summed E-state index contributed by atoms with van der Waals surface area (Å²) in [5.74, 6) is 1.02. The first kappa shape index (κ1) is 19.2. The molecule has 3 heterocycles. The van der Waals surface area contributed by atoms with Gasteiger partial charge in [-0.05, 0) is 43.5 Å². The van der Waals surface area contributed by atoms with Crippen LogP contribution in [0.3, 0.4) is 0 Å². The number of nitrogens with one attached hydrogen (secondary N) is 1. The monoisotopic (exact) mass is 394 g/mol. The fourth-order valence-electron chi connectivity index (χ4n) is 3.93. The number of piperidine rings is 1. The molecule has 152 valence electrons. The van der Waals surface area contributed by atoms with Crippen LogP contribution in [0.4, 0.5) is 17.2 Å². The van der Waals surface area contributed by atoms with E-state index in [-0.39, 0.29) is 18.2 Å². The van der Waals surface area contributed by atoms with Crippen LogP contribution in [-0.4, -0.2) is 43.5 Å². The van der Waals surface area contributed by atoms with Crippen molar-refractivity contribution in [2.75, 3.05) is 41.9 Å². The van der Waals surface area contributed by atoms with Crippen molar-refractivity contribution in [1.82, 2.24) is 4.98 Å². The summed E-state index contributed by atoms with van der Waals surface area (Å²) in [5, 5.41) is 2.91. The standard InChI is InChI=1S/C22H26N4O3/c1-29-19-7-5-6-18(13-19)26-15-16(12-21(26)27)22(28)24-17-8-9-20(23-14-17)25-10-3-2-4-11-25/h5-9,13-14,16H,2-4,10-12,15H2,1H3,(H,24,28). The molecule has 1 unspecified atom stereocenters. The van der Waals surface area contributed by atoms with Crippen LogP contribution in [-0.2, 0) is 9.59 Å². The maximum absolute atomic E-state index is 12.7. The lowest BCUT2D eigenvalue weighted by atomic mass is 10.1. The molecule has 29 heavy (non-hydrogen) atoms. The molecule has 2 aromatic rings. The fourth-order valence-corrected chi connectivity index (χ4v) is 3.93. The zero-order valence-corrected chi connectivity index (χ0v) is 16.6. The molecular formula is C22H26N4O3. The van der Waals surface area contributed by atoms with Gasteiger partial charge in [-0.1, -0.05) is 6.07 Å². The number of pyridine rings is 1. The molecule has 0 spiro atoms. The minimum absolute atomic E-state index is 0.0584. The molecule has 4 rings (SSSR count). The van der Waals surface area contributed by atoms with Crippen LogP contribution in [0.5, 0.6) is 5.75 Å². The van der Waals surface area contributed by atoms with Crippen LogP contribution in [0, 0.1) is 5.92 Å². The maximum atomic E-state index is 12.7. The highest BCUT2D eigenvalue weighted by molar-refractivity contribution is 6.03. The van der Waals surface area contributed by atoms with Crippen LogP contribution >= 0.6 is 0 Å². The number of hydrogen-bond donors (Lipinski definition) is 1. The molecule has 1 N–H and O–H groups in total. The Kier molecular flexibility index (Phi) is 5.64. The SMILES string of the molecule is COc1cccc(N2CC(C(=O)Nc3ccc(N4CCCCC4)nc3)CC2=O)c1. The molecule has 2 fully saturated rings. The molecular weight excluding hydrogens is 368 g/mol. The molecule has 0 bridgehead atoms. The summed E-state index contributed by atoms with van der Waals surface area (Å²) >= 11 is 0. The topological polar surface area (TPSA) is 74.8 Å². The van der Waals surface area contributed by atoms with E-state index in [0.29, 0.717) is 18.0 Å². The summed E-state index contributed by atoms with van der Waals surface area (Å²) in [4.78, 5) is 33.6. The third-order valence-corrected chi connectivity index (χ3v) is 5.56. The van der Waals surface area contributed by atoms with E-state index >= 15 is 0 Å². The van der Waals surface area contributed by atoms with Gasteiger partial charge in [-0.2, -0.15) is 0 Å². The lowest BCUT2D eigenvalue weighted by Crippen LogP contribution is -2.30. The van der Waals surface area contributed by atoms with Gasteiger partial charge in [-0.3, -0.25) is 9.59 Å². The van der Waals surface area contributed by atoms with Crippen molar-refractivity contribution in [3.63, 3.8) is 0 Å². The summed E-state index contributed by atoms with van der Waals surface area (Å²) in [7, 11) is 1.59. The van der Waals surface area contributed by atoms with Crippen molar-refractivity contribution in [3.8, 4) is 5.75 Å². The third-order valence-electron chi connectivity index (χ3n) is 5.56. The number of hydrogen-bond acceptors (Lipinski definition) is 5. The van der Waals surface area contributed by atoms with Crippen molar-refractivity contribution in [2.24, 2.45) is 5.92 Å². The van der Waals surface area contributed by atoms with E-state index in [1.54, 1.807) is 24.3 Å². The van der Waals surface area contributed by atoms with Gasteiger partial charge in [0.15, 0.2) is 0 Å². The van der Waals surface area contributed by atoms with Gasteiger partial charge in [0.05, 0.1) is 24.9 Å². The van der Waals surface area contributed by atoms with Gasteiger partial charge in [-0.15, -0.1) is 0 Å². The quantitative estimate of drug-likeness (QED) is 0.844. The Bertz CT molecular complexity index is 878. The molecule has 2 aliphatic rings. The maximum Gasteiger partial charge on any atom is 0.229 e. The molecule has 2 aliphatic heterocycles. The molecule has 2 saturated heterocycles. The number of aromatic nitrogens is 1. The van der Waals surface area contributed by atoms with E-state index in [2.05, 4.69) is 15.2 Å². The number of carbonyl (C=O) groups excluding carboxylic acids is 2. The Hall–Kier alpha value is -3.09.